The molecule has 0 fully saturated rings. The van der Waals surface area contributed by atoms with Crippen LogP contribution in [0.1, 0.15) is 5.76 Å². The van der Waals surface area contributed by atoms with E-state index >= 15 is 0 Å². The molecule has 3 nitrogen and oxygen atoms in total. The van der Waals surface area contributed by atoms with Crippen molar-refractivity contribution in [1.29, 1.82) is 5.26 Å². The Kier molecular flexibility index (Phi) is 2.70. The lowest BCUT2D eigenvalue weighted by Gasteiger charge is -2.08. The van der Waals surface area contributed by atoms with Gasteiger partial charge in [-0.25, -0.2) is 0 Å². The van der Waals surface area contributed by atoms with Crippen molar-refractivity contribution in [2.24, 2.45) is 0 Å². The van der Waals surface area contributed by atoms with Gasteiger partial charge in [0.25, 0.3) is 0 Å². The van der Waals surface area contributed by atoms with Crippen LogP contribution in [0, 0.1) is 11.3 Å². The van der Waals surface area contributed by atoms with E-state index in [9.17, 15) is 0 Å². The highest BCUT2D eigenvalue weighted by atomic mass is 16.3. The maximum Gasteiger partial charge on any atom is 0.117 e. The molecule has 0 aromatic carbocycles. The van der Waals surface area contributed by atoms with Crippen molar-refractivity contribution in [3.63, 3.8) is 0 Å². The van der Waals surface area contributed by atoms with Crippen LogP contribution >= 0.6 is 0 Å². The van der Waals surface area contributed by atoms with E-state index in [4.69, 9.17) is 9.68 Å². The van der Waals surface area contributed by atoms with Gasteiger partial charge in [0.1, 0.15) is 5.76 Å². The van der Waals surface area contributed by atoms with Crippen molar-refractivity contribution in [3.8, 4) is 6.07 Å². The summed E-state index contributed by atoms with van der Waals surface area (Å²) < 4.78 is 5.10. The maximum absolute atomic E-state index is 8.34. The number of nitrogens with zero attached hydrogens (tertiary/aromatic N) is 2. The monoisotopic (exact) mass is 150 g/mol. The molecule has 1 rings (SSSR count). The Morgan fingerprint density at radius 3 is 3.09 bits per heavy atom. The van der Waals surface area contributed by atoms with Gasteiger partial charge in [-0.1, -0.05) is 0 Å². The Hall–Kier alpha value is -1.27. The maximum atomic E-state index is 8.34. The molecule has 1 aromatic rings. The summed E-state index contributed by atoms with van der Waals surface area (Å²) in [5, 5.41) is 8.34. The van der Waals surface area contributed by atoms with Gasteiger partial charge < -0.3 is 4.42 Å². The van der Waals surface area contributed by atoms with E-state index < -0.39 is 0 Å². The molecule has 0 spiro atoms. The summed E-state index contributed by atoms with van der Waals surface area (Å²) in [6.45, 7) is 1.13. The second kappa shape index (κ2) is 3.79. The van der Waals surface area contributed by atoms with Crippen LogP contribution in [0.2, 0.25) is 0 Å². The first kappa shape index (κ1) is 7.83. The number of hydrogen-bond donors (Lipinski definition) is 0. The van der Waals surface area contributed by atoms with Crippen molar-refractivity contribution < 1.29 is 4.42 Å². The molecule has 0 radical (unpaired) electrons. The largest absolute Gasteiger partial charge is 0.468 e. The zero-order chi connectivity index (χ0) is 8.10. The van der Waals surface area contributed by atoms with Gasteiger partial charge in [0, 0.05) is 0 Å². The fourth-order valence-corrected chi connectivity index (χ4v) is 0.845. The second-order valence-corrected chi connectivity index (χ2v) is 2.41. The summed E-state index contributed by atoms with van der Waals surface area (Å²) in [7, 11) is 1.88. The zero-order valence-corrected chi connectivity index (χ0v) is 6.45. The predicted molar refractivity (Wildman–Crippen MR) is 40.7 cm³/mol. The normalized spacial score (nSPS) is 9.91. The van der Waals surface area contributed by atoms with E-state index in [1.165, 1.54) is 0 Å². The first-order valence-electron chi connectivity index (χ1n) is 3.41. The smallest absolute Gasteiger partial charge is 0.117 e. The topological polar surface area (TPSA) is 40.2 Å². The SMILES string of the molecule is CN(CC#N)Cc1ccco1. The Balaban J connectivity index is 2.38. The van der Waals surface area contributed by atoms with Gasteiger partial charge in [0.2, 0.25) is 0 Å². The lowest BCUT2D eigenvalue weighted by molar-refractivity contribution is 0.325. The van der Waals surface area contributed by atoms with Gasteiger partial charge >= 0.3 is 0 Å². The zero-order valence-electron chi connectivity index (χ0n) is 6.45. The molecule has 0 N–H and O–H groups in total. The van der Waals surface area contributed by atoms with Crippen LogP contribution in [0.3, 0.4) is 0 Å². The first-order valence-corrected chi connectivity index (χ1v) is 3.41. The summed E-state index contributed by atoms with van der Waals surface area (Å²) in [6, 6.07) is 5.80. The summed E-state index contributed by atoms with van der Waals surface area (Å²) >= 11 is 0. The van der Waals surface area contributed by atoms with Crippen molar-refractivity contribution in [3.05, 3.63) is 24.2 Å². The first-order chi connectivity index (χ1) is 5.33. The highest BCUT2D eigenvalue weighted by Crippen LogP contribution is 2.02. The second-order valence-electron chi connectivity index (χ2n) is 2.41. The molecule has 0 atom stereocenters. The number of hydrogen-bond acceptors (Lipinski definition) is 3. The number of furan rings is 1. The molecular weight excluding hydrogens is 140 g/mol. The molecule has 0 saturated carbocycles. The molecule has 0 aliphatic heterocycles. The average Bonchev–Trinajstić information content (AvgIpc) is 2.40. The highest BCUT2D eigenvalue weighted by Gasteiger charge is 1.99. The molecule has 58 valence electrons. The van der Waals surface area contributed by atoms with Gasteiger partial charge in [-0.3, -0.25) is 4.90 Å². The third-order valence-corrected chi connectivity index (χ3v) is 1.35. The minimum Gasteiger partial charge on any atom is -0.468 e. The molecular formula is C8H10N2O. The minimum absolute atomic E-state index is 0.431. The van der Waals surface area contributed by atoms with Crippen molar-refractivity contribution in [1.82, 2.24) is 4.90 Å². The van der Waals surface area contributed by atoms with Crippen LogP contribution in [0.25, 0.3) is 0 Å². The van der Waals surface area contributed by atoms with E-state index in [0.29, 0.717) is 13.1 Å². The van der Waals surface area contributed by atoms with E-state index in [1.54, 1.807) is 6.26 Å². The van der Waals surface area contributed by atoms with Gasteiger partial charge in [-0.05, 0) is 19.2 Å². The minimum atomic E-state index is 0.431. The standard InChI is InChI=1S/C8H10N2O/c1-10(5-4-9)7-8-3-2-6-11-8/h2-3,6H,5,7H2,1H3. The fourth-order valence-electron chi connectivity index (χ4n) is 0.845. The molecule has 0 aliphatic rings. The van der Waals surface area contributed by atoms with Crippen molar-refractivity contribution in [2.75, 3.05) is 13.6 Å². The van der Waals surface area contributed by atoms with E-state index in [1.807, 2.05) is 24.1 Å². The molecule has 0 bridgehead atoms. The third-order valence-electron chi connectivity index (χ3n) is 1.35. The molecule has 0 amide bonds. The quantitative estimate of drug-likeness (QED) is 0.608. The highest BCUT2D eigenvalue weighted by molar-refractivity contribution is 4.98. The molecule has 1 aromatic heterocycles. The van der Waals surface area contributed by atoms with Gasteiger partial charge in [-0.15, -0.1) is 0 Å². The van der Waals surface area contributed by atoms with E-state index in [0.717, 1.165) is 5.76 Å². The van der Waals surface area contributed by atoms with Gasteiger partial charge in [0.15, 0.2) is 0 Å². The molecule has 0 unspecified atom stereocenters. The Morgan fingerprint density at radius 2 is 2.55 bits per heavy atom. The summed E-state index contributed by atoms with van der Waals surface area (Å²) in [5.74, 6) is 0.891. The van der Waals surface area contributed by atoms with Crippen LogP contribution < -0.4 is 0 Å². The Morgan fingerprint density at radius 1 is 1.73 bits per heavy atom. The summed E-state index contributed by atoms with van der Waals surface area (Å²) in [4.78, 5) is 1.89. The van der Waals surface area contributed by atoms with Crippen molar-refractivity contribution >= 4 is 0 Å². The van der Waals surface area contributed by atoms with Crippen LogP contribution in [-0.4, -0.2) is 18.5 Å². The number of nitriles is 1. The van der Waals surface area contributed by atoms with E-state index in [-0.39, 0.29) is 0 Å². The lowest BCUT2D eigenvalue weighted by atomic mass is 10.4. The van der Waals surface area contributed by atoms with Crippen LogP contribution in [0.5, 0.6) is 0 Å². The van der Waals surface area contributed by atoms with E-state index in [2.05, 4.69) is 6.07 Å². The molecule has 3 heteroatoms. The average molecular weight is 150 g/mol. The summed E-state index contributed by atoms with van der Waals surface area (Å²) in [6.07, 6.45) is 1.63. The Bertz CT molecular complexity index is 235. The van der Waals surface area contributed by atoms with Crippen LogP contribution in [0.15, 0.2) is 22.8 Å². The molecule has 11 heavy (non-hydrogen) atoms. The number of rotatable bonds is 3. The van der Waals surface area contributed by atoms with Gasteiger partial charge in [0.05, 0.1) is 25.4 Å². The van der Waals surface area contributed by atoms with Crippen LogP contribution in [0.4, 0.5) is 0 Å². The van der Waals surface area contributed by atoms with Crippen molar-refractivity contribution in [2.45, 2.75) is 6.54 Å². The van der Waals surface area contributed by atoms with Gasteiger partial charge in [-0.2, -0.15) is 5.26 Å². The fraction of sp³-hybridized carbons (Fsp3) is 0.375. The summed E-state index contributed by atoms with van der Waals surface area (Å²) in [5.41, 5.74) is 0. The van der Waals surface area contributed by atoms with Crippen LogP contribution in [-0.2, 0) is 6.54 Å². The molecule has 0 aliphatic carbocycles. The lowest BCUT2D eigenvalue weighted by Crippen LogP contribution is -2.17. The molecule has 0 saturated heterocycles. The predicted octanol–water partition coefficient (Wildman–Crippen LogP) is 1.23. The molecule has 1 heterocycles. The third kappa shape index (κ3) is 2.44. The Labute approximate surface area is 65.8 Å².